The number of piperidine rings is 1. The van der Waals surface area contributed by atoms with Gasteiger partial charge in [-0.3, -0.25) is 0 Å². The van der Waals surface area contributed by atoms with E-state index < -0.39 is 0 Å². The monoisotopic (exact) mass is 286 g/mol. The van der Waals surface area contributed by atoms with Crippen LogP contribution in [0.3, 0.4) is 0 Å². The van der Waals surface area contributed by atoms with E-state index in [-0.39, 0.29) is 0 Å². The summed E-state index contributed by atoms with van der Waals surface area (Å²) in [4.78, 5) is 2.80. The van der Waals surface area contributed by atoms with Crippen LogP contribution >= 0.6 is 0 Å². The molecule has 2 aliphatic rings. The largest absolute Gasteiger partial charge is 0.319 e. The highest BCUT2D eigenvalue weighted by atomic mass is 15.2. The summed E-state index contributed by atoms with van der Waals surface area (Å²) in [5.74, 6) is 1.68. The minimum atomic E-state index is 0.806. The van der Waals surface area contributed by atoms with E-state index in [1.807, 2.05) is 0 Å². The highest BCUT2D eigenvalue weighted by Crippen LogP contribution is 2.35. The lowest BCUT2D eigenvalue weighted by atomic mass is 9.80. The lowest BCUT2D eigenvalue weighted by Gasteiger charge is -2.41. The number of benzene rings is 1. The van der Waals surface area contributed by atoms with Crippen molar-refractivity contribution < 1.29 is 0 Å². The molecule has 3 rings (SSSR count). The molecule has 1 unspecified atom stereocenters. The Morgan fingerprint density at radius 2 is 1.81 bits per heavy atom. The molecule has 1 saturated heterocycles. The van der Waals surface area contributed by atoms with E-state index in [0.29, 0.717) is 0 Å². The van der Waals surface area contributed by atoms with Crippen LogP contribution in [0.2, 0.25) is 0 Å². The summed E-state index contributed by atoms with van der Waals surface area (Å²) < 4.78 is 0. The van der Waals surface area contributed by atoms with Crippen LogP contribution in [0, 0.1) is 5.92 Å². The van der Waals surface area contributed by atoms with Crippen LogP contribution in [0.25, 0.3) is 0 Å². The summed E-state index contributed by atoms with van der Waals surface area (Å²) in [7, 11) is 2.09. The summed E-state index contributed by atoms with van der Waals surface area (Å²) in [5, 5.41) is 3.36. The van der Waals surface area contributed by atoms with Crippen molar-refractivity contribution in [3.63, 3.8) is 0 Å². The summed E-state index contributed by atoms with van der Waals surface area (Å²) in [6.07, 6.45) is 8.35. The molecule has 0 bridgehead atoms. The predicted octanol–water partition coefficient (Wildman–Crippen LogP) is 3.64. The maximum Gasteiger partial charge on any atom is 0.00958 e. The summed E-state index contributed by atoms with van der Waals surface area (Å²) in [5.41, 5.74) is 1.56. The average molecular weight is 286 g/mol. The lowest BCUT2D eigenvalue weighted by molar-refractivity contribution is 0.0947. The number of hydrogen-bond acceptors (Lipinski definition) is 2. The van der Waals surface area contributed by atoms with Gasteiger partial charge in [-0.1, -0.05) is 30.3 Å². The van der Waals surface area contributed by atoms with Crippen molar-refractivity contribution in [3.05, 3.63) is 35.9 Å². The van der Waals surface area contributed by atoms with E-state index >= 15 is 0 Å². The Morgan fingerprint density at radius 3 is 2.52 bits per heavy atom. The third-order valence-electron chi connectivity index (χ3n) is 5.53. The fraction of sp³-hybridized carbons (Fsp3) is 0.684. The Morgan fingerprint density at radius 1 is 1.05 bits per heavy atom. The molecule has 2 fully saturated rings. The zero-order valence-corrected chi connectivity index (χ0v) is 13.4. The molecule has 1 heterocycles. The zero-order chi connectivity index (χ0) is 14.5. The van der Waals surface area contributed by atoms with Crippen molar-refractivity contribution >= 4 is 0 Å². The molecule has 0 amide bonds. The van der Waals surface area contributed by atoms with Gasteiger partial charge in [0.1, 0.15) is 0 Å². The van der Waals surface area contributed by atoms with E-state index in [1.165, 1.54) is 58.2 Å². The minimum absolute atomic E-state index is 0.806. The molecular formula is C19H30N2. The summed E-state index contributed by atoms with van der Waals surface area (Å²) in [6, 6.07) is 12.0. The molecule has 0 spiro atoms. The van der Waals surface area contributed by atoms with Crippen molar-refractivity contribution in [2.24, 2.45) is 5.92 Å². The van der Waals surface area contributed by atoms with Gasteiger partial charge in [0.25, 0.3) is 0 Å². The summed E-state index contributed by atoms with van der Waals surface area (Å²) in [6.45, 7) is 3.85. The normalized spacial score (nSPS) is 31.2. The molecule has 1 aliphatic carbocycles. The van der Waals surface area contributed by atoms with Crippen molar-refractivity contribution in [2.45, 2.75) is 50.5 Å². The van der Waals surface area contributed by atoms with Gasteiger partial charge in [0.2, 0.25) is 0 Å². The smallest absolute Gasteiger partial charge is 0.00958 e. The highest BCUT2D eigenvalue weighted by molar-refractivity contribution is 5.20. The second-order valence-electron chi connectivity index (χ2n) is 6.98. The Kier molecular flexibility index (Phi) is 5.32. The number of nitrogens with one attached hydrogen (secondary N) is 1. The maximum absolute atomic E-state index is 3.36. The van der Waals surface area contributed by atoms with Gasteiger partial charge < -0.3 is 10.2 Å². The topological polar surface area (TPSA) is 15.3 Å². The molecule has 21 heavy (non-hydrogen) atoms. The van der Waals surface area contributed by atoms with Gasteiger partial charge in [-0.05, 0) is 76.1 Å². The molecule has 1 aromatic carbocycles. The molecule has 1 aromatic rings. The fourth-order valence-electron chi connectivity index (χ4n) is 4.38. The van der Waals surface area contributed by atoms with E-state index in [2.05, 4.69) is 47.6 Å². The van der Waals surface area contributed by atoms with Gasteiger partial charge in [-0.15, -0.1) is 0 Å². The van der Waals surface area contributed by atoms with Crippen LogP contribution in [0.15, 0.2) is 30.3 Å². The van der Waals surface area contributed by atoms with E-state index in [1.54, 1.807) is 5.56 Å². The van der Waals surface area contributed by atoms with Crippen LogP contribution in [0.1, 0.15) is 50.0 Å². The van der Waals surface area contributed by atoms with Crippen LogP contribution < -0.4 is 5.32 Å². The van der Waals surface area contributed by atoms with E-state index in [9.17, 15) is 0 Å². The predicted molar refractivity (Wildman–Crippen MR) is 89.7 cm³/mol. The molecule has 2 heteroatoms. The molecule has 0 radical (unpaired) electrons. The standard InChI is InChI=1S/C19H30N2/c1-20-14-16-6-5-13-21(15-16)19-11-9-18(10-12-19)17-7-3-2-4-8-17/h2-4,7-8,16,18-20H,5-6,9-15H2,1H3. The van der Waals surface area contributed by atoms with Crippen molar-refractivity contribution in [1.82, 2.24) is 10.2 Å². The molecular weight excluding hydrogens is 256 g/mol. The first-order chi connectivity index (χ1) is 10.4. The van der Waals surface area contributed by atoms with Gasteiger partial charge in [0, 0.05) is 12.6 Å². The Hall–Kier alpha value is -0.860. The molecule has 0 aromatic heterocycles. The van der Waals surface area contributed by atoms with Crippen molar-refractivity contribution in [2.75, 3.05) is 26.7 Å². The number of rotatable bonds is 4. The maximum atomic E-state index is 3.36. The molecule has 2 nitrogen and oxygen atoms in total. The average Bonchev–Trinajstić information content (AvgIpc) is 2.56. The number of likely N-dealkylation sites (tertiary alicyclic amines) is 1. The Balaban J connectivity index is 1.51. The van der Waals surface area contributed by atoms with Crippen LogP contribution in [-0.2, 0) is 0 Å². The Bertz CT molecular complexity index is 407. The molecule has 116 valence electrons. The van der Waals surface area contributed by atoms with Gasteiger partial charge in [-0.2, -0.15) is 0 Å². The van der Waals surface area contributed by atoms with Gasteiger partial charge in [0.05, 0.1) is 0 Å². The fourth-order valence-corrected chi connectivity index (χ4v) is 4.38. The van der Waals surface area contributed by atoms with Gasteiger partial charge in [0.15, 0.2) is 0 Å². The van der Waals surface area contributed by atoms with Crippen LogP contribution in [-0.4, -0.2) is 37.6 Å². The quantitative estimate of drug-likeness (QED) is 0.909. The van der Waals surface area contributed by atoms with Crippen LogP contribution in [0.4, 0.5) is 0 Å². The van der Waals surface area contributed by atoms with Gasteiger partial charge >= 0.3 is 0 Å². The number of nitrogens with zero attached hydrogens (tertiary/aromatic N) is 1. The third-order valence-corrected chi connectivity index (χ3v) is 5.53. The van der Waals surface area contributed by atoms with Gasteiger partial charge in [-0.25, -0.2) is 0 Å². The third kappa shape index (κ3) is 3.87. The molecule has 1 aliphatic heterocycles. The van der Waals surface area contributed by atoms with Crippen LogP contribution in [0.5, 0.6) is 0 Å². The van der Waals surface area contributed by atoms with Crippen molar-refractivity contribution in [1.29, 1.82) is 0 Å². The first kappa shape index (κ1) is 15.1. The first-order valence-electron chi connectivity index (χ1n) is 8.80. The van der Waals surface area contributed by atoms with E-state index in [4.69, 9.17) is 0 Å². The lowest BCUT2D eigenvalue weighted by Crippen LogP contribution is -2.45. The van der Waals surface area contributed by atoms with E-state index in [0.717, 1.165) is 17.9 Å². The Labute approximate surface area is 129 Å². The number of hydrogen-bond donors (Lipinski definition) is 1. The minimum Gasteiger partial charge on any atom is -0.319 e. The molecule has 1 atom stereocenters. The highest BCUT2D eigenvalue weighted by Gasteiger charge is 2.29. The second-order valence-corrected chi connectivity index (χ2v) is 6.98. The molecule has 1 saturated carbocycles. The zero-order valence-electron chi connectivity index (χ0n) is 13.4. The summed E-state index contributed by atoms with van der Waals surface area (Å²) >= 11 is 0. The van der Waals surface area contributed by atoms with Crippen molar-refractivity contribution in [3.8, 4) is 0 Å². The second kappa shape index (κ2) is 7.42. The molecule has 1 N–H and O–H groups in total. The SMILES string of the molecule is CNCC1CCCN(C2CCC(c3ccccc3)CC2)C1. The first-order valence-corrected chi connectivity index (χ1v) is 8.80.